The predicted octanol–water partition coefficient (Wildman–Crippen LogP) is 3.88. The fourth-order valence-corrected chi connectivity index (χ4v) is 3.04. The first-order chi connectivity index (χ1) is 13.4. The lowest BCUT2D eigenvalue weighted by molar-refractivity contribution is -0.143. The number of alkyl halides is 3. The molecule has 3 rings (SSSR count). The van der Waals surface area contributed by atoms with E-state index < -0.39 is 18.8 Å². The number of hydrogen-bond acceptors (Lipinski definition) is 4. The zero-order chi connectivity index (χ0) is 20.0. The summed E-state index contributed by atoms with van der Waals surface area (Å²) in [5.74, 6) is 0.964. The van der Waals surface area contributed by atoms with Crippen LogP contribution in [0.15, 0.2) is 48.7 Å². The molecule has 2 amide bonds. The molecule has 6 nitrogen and oxygen atoms in total. The number of nitrogens with zero attached hydrogens (tertiary/aromatic N) is 2. The van der Waals surface area contributed by atoms with Crippen LogP contribution in [0.5, 0.6) is 11.6 Å². The van der Waals surface area contributed by atoms with E-state index in [0.29, 0.717) is 43.4 Å². The van der Waals surface area contributed by atoms with Crippen molar-refractivity contribution in [3.05, 3.63) is 48.7 Å². The summed E-state index contributed by atoms with van der Waals surface area (Å²) in [6.07, 6.45) is -2.05. The van der Waals surface area contributed by atoms with Crippen LogP contribution >= 0.6 is 0 Å². The Bertz CT molecular complexity index is 786. The maximum absolute atomic E-state index is 12.4. The number of benzene rings is 1. The van der Waals surface area contributed by atoms with Gasteiger partial charge in [-0.05, 0) is 37.1 Å². The van der Waals surface area contributed by atoms with Crippen LogP contribution in [-0.2, 0) is 0 Å². The third kappa shape index (κ3) is 6.41. The van der Waals surface area contributed by atoms with Gasteiger partial charge in [0.15, 0.2) is 0 Å². The van der Waals surface area contributed by atoms with Gasteiger partial charge < -0.3 is 15.4 Å². The van der Waals surface area contributed by atoms with E-state index in [4.69, 9.17) is 4.74 Å². The molecule has 1 aliphatic heterocycles. The lowest BCUT2D eigenvalue weighted by atomic mass is 10.1. The van der Waals surface area contributed by atoms with Crippen LogP contribution in [0.1, 0.15) is 6.42 Å². The second-order valence-corrected chi connectivity index (χ2v) is 6.64. The van der Waals surface area contributed by atoms with Gasteiger partial charge in [-0.25, -0.2) is 9.78 Å². The second-order valence-electron chi connectivity index (χ2n) is 6.64. The topological polar surface area (TPSA) is 66.5 Å². The Kier molecular flexibility index (Phi) is 6.35. The van der Waals surface area contributed by atoms with Gasteiger partial charge in [0.25, 0.3) is 0 Å². The first-order valence-electron chi connectivity index (χ1n) is 8.90. The van der Waals surface area contributed by atoms with Crippen LogP contribution < -0.4 is 15.4 Å². The molecule has 1 aromatic carbocycles. The Morgan fingerprint density at radius 2 is 2.04 bits per heavy atom. The number of amides is 2. The van der Waals surface area contributed by atoms with Crippen molar-refractivity contribution in [1.29, 1.82) is 0 Å². The zero-order valence-electron chi connectivity index (χ0n) is 15.1. The first-order valence-corrected chi connectivity index (χ1v) is 8.90. The molecule has 2 N–H and O–H groups in total. The molecular weight excluding hydrogens is 373 g/mol. The van der Waals surface area contributed by atoms with Crippen molar-refractivity contribution >= 4 is 11.7 Å². The van der Waals surface area contributed by atoms with Crippen LogP contribution in [0.4, 0.5) is 23.7 Å². The van der Waals surface area contributed by atoms with Gasteiger partial charge in [-0.3, -0.25) is 4.90 Å². The molecule has 1 aliphatic rings. The Hall–Kier alpha value is -2.81. The van der Waals surface area contributed by atoms with Gasteiger partial charge in [-0.2, -0.15) is 13.2 Å². The summed E-state index contributed by atoms with van der Waals surface area (Å²) in [5, 5.41) is 5.38. The molecule has 1 atom stereocenters. The van der Waals surface area contributed by atoms with Gasteiger partial charge in [0, 0.05) is 31.0 Å². The lowest BCUT2D eigenvalue weighted by Gasteiger charge is -2.18. The molecule has 1 aromatic heterocycles. The van der Waals surface area contributed by atoms with Gasteiger partial charge in [-0.1, -0.05) is 18.2 Å². The fraction of sp³-hybridized carbons (Fsp3) is 0.368. The lowest BCUT2D eigenvalue weighted by Crippen LogP contribution is -2.36. The minimum absolute atomic E-state index is 0.00233. The minimum Gasteiger partial charge on any atom is -0.439 e. The number of ether oxygens (including phenoxy) is 1. The van der Waals surface area contributed by atoms with E-state index in [1.807, 2.05) is 18.2 Å². The van der Waals surface area contributed by atoms with Gasteiger partial charge in [0.2, 0.25) is 5.88 Å². The highest BCUT2D eigenvalue weighted by Crippen LogP contribution is 2.23. The van der Waals surface area contributed by atoms with E-state index in [0.717, 1.165) is 0 Å². The Morgan fingerprint density at radius 3 is 2.79 bits per heavy atom. The first kappa shape index (κ1) is 19.9. The summed E-state index contributed by atoms with van der Waals surface area (Å²) >= 11 is 0. The third-order valence-electron chi connectivity index (χ3n) is 4.28. The van der Waals surface area contributed by atoms with E-state index in [2.05, 4.69) is 15.6 Å². The SMILES string of the molecule is O=C(NCC1CCN(CC(F)(F)F)C1)Nc1ccnc(Oc2ccccc2)c1. The van der Waals surface area contributed by atoms with Crippen molar-refractivity contribution in [3.63, 3.8) is 0 Å². The second kappa shape index (κ2) is 8.92. The maximum Gasteiger partial charge on any atom is 0.401 e. The monoisotopic (exact) mass is 394 g/mol. The average molecular weight is 394 g/mol. The number of halogens is 3. The molecule has 1 fully saturated rings. The molecular formula is C19H21F3N4O2. The van der Waals surface area contributed by atoms with Crippen molar-refractivity contribution in [2.45, 2.75) is 12.6 Å². The summed E-state index contributed by atoms with van der Waals surface area (Å²) in [6, 6.07) is 11.9. The minimum atomic E-state index is -4.19. The van der Waals surface area contributed by atoms with Gasteiger partial charge in [-0.15, -0.1) is 0 Å². The molecule has 0 aliphatic carbocycles. The van der Waals surface area contributed by atoms with E-state index in [1.54, 1.807) is 24.3 Å². The number of urea groups is 1. The van der Waals surface area contributed by atoms with Crippen molar-refractivity contribution < 1.29 is 22.7 Å². The number of nitrogens with one attached hydrogen (secondary N) is 2. The highest BCUT2D eigenvalue weighted by Gasteiger charge is 2.34. The highest BCUT2D eigenvalue weighted by molar-refractivity contribution is 5.89. The van der Waals surface area contributed by atoms with E-state index in [9.17, 15) is 18.0 Å². The summed E-state index contributed by atoms with van der Waals surface area (Å²) < 4.78 is 42.9. The smallest absolute Gasteiger partial charge is 0.401 e. The number of likely N-dealkylation sites (tertiary alicyclic amines) is 1. The maximum atomic E-state index is 12.4. The van der Waals surface area contributed by atoms with E-state index >= 15 is 0 Å². The van der Waals surface area contributed by atoms with Gasteiger partial charge in [0.05, 0.1) is 6.54 Å². The molecule has 0 bridgehead atoms. The van der Waals surface area contributed by atoms with Gasteiger partial charge in [0.1, 0.15) is 5.75 Å². The molecule has 1 unspecified atom stereocenters. The number of aromatic nitrogens is 1. The summed E-state index contributed by atoms with van der Waals surface area (Å²) in [5.41, 5.74) is 0.503. The molecule has 0 saturated carbocycles. The van der Waals surface area contributed by atoms with Crippen LogP contribution in [0.25, 0.3) is 0 Å². The number of rotatable bonds is 6. The van der Waals surface area contributed by atoms with Crippen LogP contribution in [0.2, 0.25) is 0 Å². The van der Waals surface area contributed by atoms with Crippen molar-refractivity contribution in [2.24, 2.45) is 5.92 Å². The van der Waals surface area contributed by atoms with Crippen LogP contribution in [-0.4, -0.2) is 48.3 Å². The number of carbonyl (C=O) groups excluding carboxylic acids is 1. The van der Waals surface area contributed by atoms with Gasteiger partial charge >= 0.3 is 12.2 Å². The Labute approximate surface area is 160 Å². The molecule has 2 aromatic rings. The number of para-hydroxylation sites is 1. The van der Waals surface area contributed by atoms with E-state index in [1.165, 1.54) is 11.1 Å². The molecule has 2 heterocycles. The van der Waals surface area contributed by atoms with Crippen LogP contribution in [0, 0.1) is 5.92 Å². The van der Waals surface area contributed by atoms with Crippen LogP contribution in [0.3, 0.4) is 0 Å². The summed E-state index contributed by atoms with van der Waals surface area (Å²) in [6.45, 7) is 0.123. The molecule has 150 valence electrons. The standard InChI is InChI=1S/C19H21F3N4O2/c20-19(21,22)13-26-9-7-14(12-26)11-24-18(27)25-15-6-8-23-17(10-15)28-16-4-2-1-3-5-16/h1-6,8,10,14H,7,9,11-13H2,(H2,23,24,25,27). The third-order valence-corrected chi connectivity index (χ3v) is 4.28. The average Bonchev–Trinajstić information content (AvgIpc) is 3.07. The largest absolute Gasteiger partial charge is 0.439 e. The molecule has 1 saturated heterocycles. The fourth-order valence-electron chi connectivity index (χ4n) is 3.04. The number of pyridine rings is 1. The summed E-state index contributed by atoms with van der Waals surface area (Å²) in [7, 11) is 0. The Morgan fingerprint density at radius 1 is 1.25 bits per heavy atom. The quantitative estimate of drug-likeness (QED) is 0.780. The molecule has 28 heavy (non-hydrogen) atoms. The Balaban J connectivity index is 1.44. The summed E-state index contributed by atoms with van der Waals surface area (Å²) in [4.78, 5) is 17.5. The van der Waals surface area contributed by atoms with E-state index in [-0.39, 0.29) is 5.92 Å². The molecule has 0 radical (unpaired) electrons. The van der Waals surface area contributed by atoms with Crippen molar-refractivity contribution in [1.82, 2.24) is 15.2 Å². The van der Waals surface area contributed by atoms with Crippen molar-refractivity contribution in [2.75, 3.05) is 31.5 Å². The molecule has 0 spiro atoms. The number of carbonyl (C=O) groups is 1. The number of hydrogen-bond donors (Lipinski definition) is 2. The highest BCUT2D eigenvalue weighted by atomic mass is 19.4. The zero-order valence-corrected chi connectivity index (χ0v) is 15.1. The van der Waals surface area contributed by atoms with Crippen molar-refractivity contribution in [3.8, 4) is 11.6 Å². The normalized spacial score (nSPS) is 17.3. The number of anilines is 1. The predicted molar refractivity (Wildman–Crippen MR) is 98.4 cm³/mol. The molecule has 9 heteroatoms.